The predicted molar refractivity (Wildman–Crippen MR) is 102 cm³/mol. The lowest BCUT2D eigenvalue weighted by atomic mass is 10.2. The summed E-state index contributed by atoms with van der Waals surface area (Å²) in [7, 11) is 3.58. The van der Waals surface area contributed by atoms with Gasteiger partial charge in [-0.2, -0.15) is 0 Å². The first-order valence-electron chi connectivity index (χ1n) is 9.44. The van der Waals surface area contributed by atoms with E-state index in [1.807, 2.05) is 41.1 Å². The van der Waals surface area contributed by atoms with Gasteiger partial charge in [-0.25, -0.2) is 0 Å². The number of hydrogen-bond donors (Lipinski definition) is 1. The zero-order chi connectivity index (χ0) is 18.8. The summed E-state index contributed by atoms with van der Waals surface area (Å²) < 4.78 is 5.15. The molecule has 1 fully saturated rings. The Morgan fingerprint density at radius 1 is 1.23 bits per heavy atom. The first kappa shape index (κ1) is 20.2. The molecule has 0 saturated carbocycles. The molecule has 0 unspecified atom stereocenters. The fourth-order valence-electron chi connectivity index (χ4n) is 3.17. The van der Waals surface area contributed by atoms with Crippen LogP contribution in [0.5, 0.6) is 5.75 Å². The Hall–Kier alpha value is -2.08. The average Bonchev–Trinajstić information content (AvgIpc) is 2.83. The van der Waals surface area contributed by atoms with E-state index >= 15 is 0 Å². The molecule has 0 aliphatic carbocycles. The molecule has 1 aliphatic rings. The Morgan fingerprint density at radius 2 is 2.00 bits per heavy atom. The first-order chi connectivity index (χ1) is 12.6. The third-order valence-electron chi connectivity index (χ3n) is 4.62. The molecule has 26 heavy (non-hydrogen) atoms. The lowest BCUT2D eigenvalue weighted by Gasteiger charge is -2.21. The second kappa shape index (κ2) is 10.8. The summed E-state index contributed by atoms with van der Waals surface area (Å²) >= 11 is 0. The van der Waals surface area contributed by atoms with Crippen LogP contribution in [0.15, 0.2) is 24.3 Å². The summed E-state index contributed by atoms with van der Waals surface area (Å²) in [4.78, 5) is 27.9. The predicted octanol–water partition coefficient (Wildman–Crippen LogP) is 2.04. The van der Waals surface area contributed by atoms with Gasteiger partial charge in [0.2, 0.25) is 11.8 Å². The quantitative estimate of drug-likeness (QED) is 0.684. The Morgan fingerprint density at radius 3 is 2.73 bits per heavy atom. The maximum absolute atomic E-state index is 12.1. The second-order valence-electron chi connectivity index (χ2n) is 6.92. The second-order valence-corrected chi connectivity index (χ2v) is 6.92. The highest BCUT2D eigenvalue weighted by atomic mass is 16.5. The maximum atomic E-state index is 12.1. The monoisotopic (exact) mass is 361 g/mol. The number of likely N-dealkylation sites (tertiary alicyclic amines) is 1. The van der Waals surface area contributed by atoms with Gasteiger partial charge in [0.25, 0.3) is 0 Å². The highest BCUT2D eigenvalue weighted by molar-refractivity contribution is 5.78. The number of rotatable bonds is 9. The van der Waals surface area contributed by atoms with Gasteiger partial charge in [-0.15, -0.1) is 0 Å². The molecule has 1 aromatic rings. The van der Waals surface area contributed by atoms with E-state index in [4.69, 9.17) is 4.74 Å². The number of nitrogens with zero attached hydrogens (tertiary/aromatic N) is 2. The number of amides is 2. The van der Waals surface area contributed by atoms with Crippen molar-refractivity contribution >= 4 is 11.8 Å². The molecule has 1 aliphatic heterocycles. The lowest BCUT2D eigenvalue weighted by molar-refractivity contribution is -0.130. The number of benzene rings is 1. The van der Waals surface area contributed by atoms with Gasteiger partial charge < -0.3 is 15.0 Å². The Labute approximate surface area is 156 Å². The minimum absolute atomic E-state index is 0.0169. The minimum atomic E-state index is 0.0169. The highest BCUT2D eigenvalue weighted by Crippen LogP contribution is 2.12. The molecule has 1 saturated heterocycles. The fourth-order valence-corrected chi connectivity index (χ4v) is 3.17. The van der Waals surface area contributed by atoms with Gasteiger partial charge in [0.1, 0.15) is 5.75 Å². The van der Waals surface area contributed by atoms with Crippen LogP contribution in [0.3, 0.4) is 0 Å². The molecule has 1 heterocycles. The Bertz CT molecular complexity index is 574. The number of carbonyl (C=O) groups excluding carboxylic acids is 2. The summed E-state index contributed by atoms with van der Waals surface area (Å²) in [6.07, 6.45) is 4.71. The van der Waals surface area contributed by atoms with Crippen LogP contribution < -0.4 is 10.1 Å². The number of methoxy groups -OCH3 is 1. The van der Waals surface area contributed by atoms with E-state index in [0.717, 1.165) is 50.1 Å². The molecule has 2 amide bonds. The largest absolute Gasteiger partial charge is 0.497 e. The highest BCUT2D eigenvalue weighted by Gasteiger charge is 2.15. The summed E-state index contributed by atoms with van der Waals surface area (Å²) in [5.41, 5.74) is 1.14. The molecule has 6 heteroatoms. The smallest absolute Gasteiger partial charge is 0.234 e. The Balaban J connectivity index is 1.62. The van der Waals surface area contributed by atoms with Crippen molar-refractivity contribution < 1.29 is 14.3 Å². The first-order valence-corrected chi connectivity index (χ1v) is 9.44. The van der Waals surface area contributed by atoms with Crippen molar-refractivity contribution in [1.29, 1.82) is 0 Å². The minimum Gasteiger partial charge on any atom is -0.497 e. The lowest BCUT2D eigenvalue weighted by Crippen LogP contribution is -2.37. The van der Waals surface area contributed by atoms with Gasteiger partial charge in [-0.3, -0.25) is 14.5 Å². The molecule has 1 aromatic carbocycles. The van der Waals surface area contributed by atoms with E-state index < -0.39 is 0 Å². The van der Waals surface area contributed by atoms with Crippen LogP contribution in [0.2, 0.25) is 0 Å². The third-order valence-corrected chi connectivity index (χ3v) is 4.62. The normalized spacial score (nSPS) is 15.0. The number of hydrogen-bond acceptors (Lipinski definition) is 4. The van der Waals surface area contributed by atoms with Crippen molar-refractivity contribution in [3.05, 3.63) is 29.8 Å². The zero-order valence-electron chi connectivity index (χ0n) is 16.0. The number of likely N-dealkylation sites (N-methyl/N-ethyl adjacent to an activating group) is 1. The molecule has 2 rings (SSSR count). The maximum Gasteiger partial charge on any atom is 0.234 e. The van der Waals surface area contributed by atoms with Crippen LogP contribution in [-0.2, 0) is 16.1 Å². The summed E-state index contributed by atoms with van der Waals surface area (Å²) in [5, 5.41) is 2.95. The summed E-state index contributed by atoms with van der Waals surface area (Å²) in [6, 6.07) is 7.86. The van der Waals surface area contributed by atoms with Gasteiger partial charge in [0.05, 0.1) is 13.7 Å². The van der Waals surface area contributed by atoms with Crippen molar-refractivity contribution in [1.82, 2.24) is 15.1 Å². The van der Waals surface area contributed by atoms with Gasteiger partial charge in [-0.1, -0.05) is 18.6 Å². The summed E-state index contributed by atoms with van der Waals surface area (Å²) in [5.74, 6) is 1.10. The van der Waals surface area contributed by atoms with E-state index in [9.17, 15) is 9.59 Å². The fraction of sp³-hybridized carbons (Fsp3) is 0.600. The van der Waals surface area contributed by atoms with E-state index in [2.05, 4.69) is 5.32 Å². The van der Waals surface area contributed by atoms with Gasteiger partial charge in [0, 0.05) is 32.6 Å². The standard InChI is InChI=1S/C20H31N3O3/c1-22(15-17-8-10-18(26-2)11-9-17)16-19(24)21-12-6-14-23-13-5-3-4-7-20(23)25/h8-11H,3-7,12-16H2,1-2H3,(H,21,24). The van der Waals surface area contributed by atoms with Crippen LogP contribution in [0, 0.1) is 0 Å². The zero-order valence-corrected chi connectivity index (χ0v) is 16.0. The topological polar surface area (TPSA) is 61.9 Å². The van der Waals surface area contributed by atoms with Gasteiger partial charge in [-0.05, 0) is 44.0 Å². The molecular weight excluding hydrogens is 330 g/mol. The van der Waals surface area contributed by atoms with Crippen molar-refractivity contribution in [2.75, 3.05) is 40.3 Å². The van der Waals surface area contributed by atoms with Crippen molar-refractivity contribution in [2.24, 2.45) is 0 Å². The average molecular weight is 361 g/mol. The van der Waals surface area contributed by atoms with Crippen LogP contribution in [0.4, 0.5) is 0 Å². The van der Waals surface area contributed by atoms with E-state index in [1.165, 1.54) is 0 Å². The van der Waals surface area contributed by atoms with E-state index in [0.29, 0.717) is 26.1 Å². The van der Waals surface area contributed by atoms with Gasteiger partial charge in [0.15, 0.2) is 0 Å². The third kappa shape index (κ3) is 7.04. The van der Waals surface area contributed by atoms with Crippen LogP contribution >= 0.6 is 0 Å². The molecule has 0 bridgehead atoms. The SMILES string of the molecule is COc1ccc(CN(C)CC(=O)NCCCN2CCCCCC2=O)cc1. The van der Waals surface area contributed by atoms with E-state index in [-0.39, 0.29) is 11.8 Å². The molecule has 0 atom stereocenters. The molecule has 6 nitrogen and oxygen atoms in total. The molecule has 144 valence electrons. The summed E-state index contributed by atoms with van der Waals surface area (Å²) in [6.45, 7) is 3.27. The molecule has 0 aromatic heterocycles. The molecular formula is C20H31N3O3. The number of carbonyl (C=O) groups is 2. The van der Waals surface area contributed by atoms with Gasteiger partial charge >= 0.3 is 0 Å². The van der Waals surface area contributed by atoms with Crippen LogP contribution in [0.25, 0.3) is 0 Å². The van der Waals surface area contributed by atoms with E-state index in [1.54, 1.807) is 7.11 Å². The van der Waals surface area contributed by atoms with Crippen LogP contribution in [-0.4, -0.2) is 62.0 Å². The molecule has 0 radical (unpaired) electrons. The molecule has 0 spiro atoms. The number of nitrogens with one attached hydrogen (secondary N) is 1. The van der Waals surface area contributed by atoms with Crippen molar-refractivity contribution in [2.45, 2.75) is 38.6 Å². The van der Waals surface area contributed by atoms with Crippen molar-refractivity contribution in [3.8, 4) is 5.75 Å². The Kier molecular flexibility index (Phi) is 8.41. The van der Waals surface area contributed by atoms with Crippen molar-refractivity contribution in [3.63, 3.8) is 0 Å². The molecule has 1 N–H and O–H groups in total. The van der Waals surface area contributed by atoms with Crippen LogP contribution in [0.1, 0.15) is 37.7 Å². The number of ether oxygens (including phenoxy) is 1.